The van der Waals surface area contributed by atoms with Crippen molar-refractivity contribution in [3.05, 3.63) is 52.5 Å². The van der Waals surface area contributed by atoms with E-state index < -0.39 is 51.6 Å². The van der Waals surface area contributed by atoms with Crippen molar-refractivity contribution in [1.82, 2.24) is 9.55 Å². The molecule has 2 atom stereocenters. The van der Waals surface area contributed by atoms with Gasteiger partial charge in [-0.3, -0.25) is 13.8 Å². The van der Waals surface area contributed by atoms with Crippen molar-refractivity contribution in [1.29, 1.82) is 0 Å². The third kappa shape index (κ3) is 7.15. The van der Waals surface area contributed by atoms with E-state index >= 15 is 0 Å². The Labute approximate surface area is 178 Å². The first-order chi connectivity index (χ1) is 14.5. The minimum atomic E-state index is -4.19. The Hall–Kier alpha value is -3.32. The van der Waals surface area contributed by atoms with Crippen molar-refractivity contribution in [2.24, 2.45) is 0 Å². The molecule has 0 saturated carbocycles. The van der Waals surface area contributed by atoms with Gasteiger partial charge in [0.15, 0.2) is 12.2 Å². The minimum Gasteiger partial charge on any atom is -0.457 e. The molecule has 0 N–H and O–H groups in total. The molecular weight excluding hydrogens is 434 g/mol. The third-order valence-corrected chi connectivity index (χ3v) is 5.24. The lowest BCUT2D eigenvalue weighted by atomic mass is 10.2. The molecule has 0 saturated heterocycles. The van der Waals surface area contributed by atoms with Gasteiger partial charge in [-0.25, -0.2) is 0 Å². The van der Waals surface area contributed by atoms with Gasteiger partial charge in [0.05, 0.1) is 11.4 Å². The Morgan fingerprint density at radius 3 is 2.23 bits per heavy atom. The second-order valence-corrected chi connectivity index (χ2v) is 8.15. The molecular formula is C18H21N3O9S. The second kappa shape index (κ2) is 10.1. The van der Waals surface area contributed by atoms with Crippen LogP contribution in [0.5, 0.6) is 0 Å². The molecule has 0 aliphatic heterocycles. The van der Waals surface area contributed by atoms with E-state index in [-0.39, 0.29) is 11.4 Å². The van der Waals surface area contributed by atoms with E-state index in [2.05, 4.69) is 4.98 Å². The van der Waals surface area contributed by atoms with E-state index in [1.165, 1.54) is 16.7 Å². The first-order valence-electron chi connectivity index (χ1n) is 8.94. The monoisotopic (exact) mass is 455 g/mol. The van der Waals surface area contributed by atoms with Crippen molar-refractivity contribution in [3.8, 4) is 0 Å². The summed E-state index contributed by atoms with van der Waals surface area (Å²) in [6, 6.07) is 5.90. The zero-order valence-corrected chi connectivity index (χ0v) is 17.8. The van der Waals surface area contributed by atoms with Gasteiger partial charge >= 0.3 is 17.8 Å². The molecule has 0 aliphatic carbocycles. The number of ether oxygens (including phenoxy) is 2. The van der Waals surface area contributed by atoms with Crippen molar-refractivity contribution in [3.63, 3.8) is 0 Å². The normalized spacial score (nSPS) is 13.3. The molecule has 0 bridgehead atoms. The molecule has 31 heavy (non-hydrogen) atoms. The predicted molar refractivity (Wildman–Crippen MR) is 104 cm³/mol. The molecule has 1 aromatic carbocycles. The molecule has 13 heteroatoms. The highest BCUT2D eigenvalue weighted by atomic mass is 32.2. The summed E-state index contributed by atoms with van der Waals surface area (Å²) in [6.07, 6.45) is -0.305. The van der Waals surface area contributed by atoms with Crippen molar-refractivity contribution < 1.29 is 36.6 Å². The largest absolute Gasteiger partial charge is 0.457 e. The number of aromatic nitrogens is 2. The highest BCUT2D eigenvalue weighted by molar-refractivity contribution is 7.86. The number of hydrogen-bond acceptors (Lipinski definition) is 10. The SMILES string of the molecule is CC(=O)OC(COS(=O)(=O)c1ccc(C)cc1)C(Cn1cnc([N+](=O)[O-])c1)OC(C)=O. The average molecular weight is 455 g/mol. The number of rotatable bonds is 10. The number of imidazole rings is 1. The van der Waals surface area contributed by atoms with Crippen molar-refractivity contribution in [2.75, 3.05) is 6.61 Å². The molecule has 0 radical (unpaired) electrons. The quantitative estimate of drug-likeness (QED) is 0.222. The predicted octanol–water partition coefficient (Wildman–Crippen LogP) is 1.37. The number of nitrogens with zero attached hydrogens (tertiary/aromatic N) is 3. The van der Waals surface area contributed by atoms with E-state index in [0.717, 1.165) is 31.9 Å². The van der Waals surface area contributed by atoms with Gasteiger partial charge in [0, 0.05) is 13.8 Å². The fraction of sp³-hybridized carbons (Fsp3) is 0.389. The molecule has 2 rings (SSSR count). The summed E-state index contributed by atoms with van der Waals surface area (Å²) in [6.45, 7) is 3.14. The van der Waals surface area contributed by atoms with Crippen LogP contribution < -0.4 is 0 Å². The Balaban J connectivity index is 2.23. The highest BCUT2D eigenvalue weighted by Crippen LogP contribution is 2.17. The minimum absolute atomic E-state index is 0.103. The summed E-state index contributed by atoms with van der Waals surface area (Å²) >= 11 is 0. The van der Waals surface area contributed by atoms with E-state index in [1.807, 2.05) is 0 Å². The van der Waals surface area contributed by atoms with Gasteiger partial charge in [-0.05, 0) is 29.0 Å². The van der Waals surface area contributed by atoms with Crippen LogP contribution in [-0.2, 0) is 39.9 Å². The summed E-state index contributed by atoms with van der Waals surface area (Å²) in [5, 5.41) is 10.8. The molecule has 1 heterocycles. The molecule has 168 valence electrons. The van der Waals surface area contributed by atoms with Gasteiger partial charge in [-0.2, -0.15) is 8.42 Å². The molecule has 12 nitrogen and oxygen atoms in total. The van der Waals surface area contributed by atoms with Gasteiger partial charge in [0.2, 0.25) is 6.33 Å². The fourth-order valence-electron chi connectivity index (χ4n) is 2.55. The lowest BCUT2D eigenvalue weighted by molar-refractivity contribution is -0.389. The van der Waals surface area contributed by atoms with Crippen LogP contribution >= 0.6 is 0 Å². The molecule has 0 amide bonds. The topological polar surface area (TPSA) is 157 Å². The zero-order valence-electron chi connectivity index (χ0n) is 17.0. The first kappa shape index (κ1) is 24.0. The van der Waals surface area contributed by atoms with Gasteiger partial charge in [-0.15, -0.1) is 0 Å². The van der Waals surface area contributed by atoms with Crippen molar-refractivity contribution in [2.45, 2.75) is 44.4 Å². The molecule has 0 fully saturated rings. The number of hydrogen-bond donors (Lipinski definition) is 0. The van der Waals surface area contributed by atoms with Gasteiger partial charge < -0.3 is 24.2 Å². The lowest BCUT2D eigenvalue weighted by Crippen LogP contribution is -2.41. The highest BCUT2D eigenvalue weighted by Gasteiger charge is 2.31. The van der Waals surface area contributed by atoms with E-state index in [1.54, 1.807) is 19.1 Å². The van der Waals surface area contributed by atoms with Crippen LogP contribution in [0.2, 0.25) is 0 Å². The molecule has 2 aromatic rings. The Morgan fingerprint density at radius 1 is 1.13 bits per heavy atom. The molecule has 1 aromatic heterocycles. The first-order valence-corrected chi connectivity index (χ1v) is 10.4. The van der Waals surface area contributed by atoms with E-state index in [9.17, 15) is 28.1 Å². The maximum absolute atomic E-state index is 12.5. The maximum atomic E-state index is 12.5. The van der Waals surface area contributed by atoms with Gasteiger partial charge in [0.1, 0.15) is 12.8 Å². The van der Waals surface area contributed by atoms with E-state index in [4.69, 9.17) is 13.7 Å². The summed E-state index contributed by atoms with van der Waals surface area (Å²) < 4.78 is 41.5. The Bertz CT molecular complexity index is 1050. The number of esters is 2. The van der Waals surface area contributed by atoms with Crippen LogP contribution in [0.15, 0.2) is 41.7 Å². The Morgan fingerprint density at radius 2 is 1.71 bits per heavy atom. The van der Waals surface area contributed by atoms with Crippen LogP contribution in [0.1, 0.15) is 19.4 Å². The standard InChI is InChI=1S/C18H21N3O9S/c1-12-4-6-15(7-5-12)31(26,27)28-10-17(30-14(3)23)16(29-13(2)22)8-20-9-18(19-11-20)21(24)25/h4-7,9,11,16-17H,8,10H2,1-3H3. The van der Waals surface area contributed by atoms with Gasteiger partial charge in [0.25, 0.3) is 10.1 Å². The number of carbonyl (C=O) groups excluding carboxylic acids is 2. The summed E-state index contributed by atoms with van der Waals surface area (Å²) in [5.41, 5.74) is 0.848. The molecule has 2 unspecified atom stereocenters. The molecule has 0 aliphatic rings. The summed E-state index contributed by atoms with van der Waals surface area (Å²) in [5.74, 6) is -1.95. The maximum Gasteiger partial charge on any atom is 0.381 e. The van der Waals surface area contributed by atoms with E-state index in [0.29, 0.717) is 0 Å². The number of carbonyl (C=O) groups is 2. The van der Waals surface area contributed by atoms with Crippen LogP contribution in [-0.4, -0.2) is 53.6 Å². The summed E-state index contributed by atoms with van der Waals surface area (Å²) in [4.78, 5) is 36.7. The van der Waals surface area contributed by atoms with Crippen LogP contribution in [0.3, 0.4) is 0 Å². The average Bonchev–Trinajstić information content (AvgIpc) is 3.13. The van der Waals surface area contributed by atoms with Crippen LogP contribution in [0.25, 0.3) is 0 Å². The van der Waals surface area contributed by atoms with Gasteiger partial charge in [-0.1, -0.05) is 17.7 Å². The number of benzene rings is 1. The molecule has 0 spiro atoms. The van der Waals surface area contributed by atoms with Crippen LogP contribution in [0, 0.1) is 17.0 Å². The number of nitro groups is 1. The smallest absolute Gasteiger partial charge is 0.381 e. The fourth-order valence-corrected chi connectivity index (χ4v) is 3.47. The van der Waals surface area contributed by atoms with Crippen LogP contribution in [0.4, 0.5) is 5.82 Å². The summed E-state index contributed by atoms with van der Waals surface area (Å²) in [7, 11) is -4.19. The second-order valence-electron chi connectivity index (χ2n) is 6.53. The van der Waals surface area contributed by atoms with Crippen molar-refractivity contribution >= 4 is 27.9 Å². The number of aryl methyl sites for hydroxylation is 1. The third-order valence-electron chi connectivity index (χ3n) is 3.94. The lowest BCUT2D eigenvalue weighted by Gasteiger charge is -2.26. The zero-order chi connectivity index (χ0) is 23.2. The Kier molecular flexibility index (Phi) is 7.83.